The molecule has 0 saturated heterocycles. The van der Waals surface area contributed by atoms with Crippen molar-refractivity contribution in [3.8, 4) is 11.3 Å². The Morgan fingerprint density at radius 2 is 1.90 bits per heavy atom. The van der Waals surface area contributed by atoms with Crippen LogP contribution in [0.2, 0.25) is 0 Å². The van der Waals surface area contributed by atoms with Crippen LogP contribution in [0.25, 0.3) is 17.3 Å². The number of rotatable bonds is 9. The summed E-state index contributed by atoms with van der Waals surface area (Å²) in [6.45, 7) is 2.76. The molecular weight excluding hydrogens is 370 g/mol. The van der Waals surface area contributed by atoms with E-state index in [-0.39, 0.29) is 11.8 Å². The Labute approximate surface area is 171 Å². The van der Waals surface area contributed by atoms with Crippen LogP contribution in [0.5, 0.6) is 0 Å². The number of hydrogen-bond acceptors (Lipinski definition) is 4. The number of unbranched alkanes of at least 4 members (excludes halogenated alkanes) is 2. The number of ether oxygens (including phenoxy) is 1. The molecule has 0 atom stereocenters. The summed E-state index contributed by atoms with van der Waals surface area (Å²) in [5, 5.41) is 11.9. The minimum absolute atomic E-state index is 0.135. The number of carboxylic acids is 1. The smallest absolute Gasteiger partial charge is 0.371 e. The number of anilines is 1. The van der Waals surface area contributed by atoms with E-state index in [9.17, 15) is 9.59 Å². The third-order valence-electron chi connectivity index (χ3n) is 4.37. The monoisotopic (exact) mass is 397 g/mol. The lowest BCUT2D eigenvalue weighted by atomic mass is 10.1. The Hall–Kier alpha value is -3.35. The number of aliphatic carboxylic acids is 1. The first-order chi connectivity index (χ1) is 14.0. The summed E-state index contributed by atoms with van der Waals surface area (Å²) >= 11 is 0. The SMILES string of the molecule is CCCCCNC(=O)N(C)c1cccc(-c2ccc(/C=C(\OC)C(=O)O)cc2)n1. The number of carboxylic acid groups (broad SMARTS) is 1. The Balaban J connectivity index is 2.12. The Bertz CT molecular complexity index is 863. The number of urea groups is 1. The van der Waals surface area contributed by atoms with Gasteiger partial charge in [-0.15, -0.1) is 0 Å². The summed E-state index contributed by atoms with van der Waals surface area (Å²) < 4.78 is 4.84. The molecule has 2 aromatic rings. The van der Waals surface area contributed by atoms with Gasteiger partial charge in [0, 0.05) is 19.2 Å². The number of pyridine rings is 1. The predicted molar refractivity (Wildman–Crippen MR) is 114 cm³/mol. The number of amides is 2. The average molecular weight is 397 g/mol. The van der Waals surface area contributed by atoms with Gasteiger partial charge in [0.15, 0.2) is 0 Å². The van der Waals surface area contributed by atoms with Gasteiger partial charge in [-0.3, -0.25) is 4.90 Å². The van der Waals surface area contributed by atoms with E-state index < -0.39 is 5.97 Å². The van der Waals surface area contributed by atoms with E-state index in [1.54, 1.807) is 25.2 Å². The first-order valence-corrected chi connectivity index (χ1v) is 9.54. The van der Waals surface area contributed by atoms with E-state index >= 15 is 0 Å². The van der Waals surface area contributed by atoms with Crippen molar-refractivity contribution in [2.75, 3.05) is 25.6 Å². The number of aromatic nitrogens is 1. The van der Waals surface area contributed by atoms with Crippen molar-refractivity contribution < 1.29 is 19.4 Å². The van der Waals surface area contributed by atoms with Crippen molar-refractivity contribution in [2.45, 2.75) is 26.2 Å². The van der Waals surface area contributed by atoms with Crippen molar-refractivity contribution in [1.29, 1.82) is 0 Å². The maximum absolute atomic E-state index is 12.3. The van der Waals surface area contributed by atoms with Gasteiger partial charge in [0.2, 0.25) is 5.76 Å². The number of nitrogens with zero attached hydrogens (tertiary/aromatic N) is 2. The van der Waals surface area contributed by atoms with Gasteiger partial charge < -0.3 is 15.2 Å². The van der Waals surface area contributed by atoms with Crippen LogP contribution in [0, 0.1) is 0 Å². The third-order valence-corrected chi connectivity index (χ3v) is 4.37. The lowest BCUT2D eigenvalue weighted by Crippen LogP contribution is -2.38. The van der Waals surface area contributed by atoms with Crippen LogP contribution >= 0.6 is 0 Å². The number of carbonyl (C=O) groups is 2. The third kappa shape index (κ3) is 6.34. The summed E-state index contributed by atoms with van der Waals surface area (Å²) in [6.07, 6.45) is 4.60. The summed E-state index contributed by atoms with van der Waals surface area (Å²) in [7, 11) is 3.01. The van der Waals surface area contributed by atoms with Crippen LogP contribution in [-0.4, -0.2) is 42.8 Å². The number of hydrogen-bond donors (Lipinski definition) is 2. The first-order valence-electron chi connectivity index (χ1n) is 9.54. The summed E-state index contributed by atoms with van der Waals surface area (Å²) in [5.41, 5.74) is 2.27. The molecule has 7 nitrogen and oxygen atoms in total. The lowest BCUT2D eigenvalue weighted by molar-refractivity contribution is -0.135. The van der Waals surface area contributed by atoms with E-state index in [1.165, 1.54) is 18.1 Å². The summed E-state index contributed by atoms with van der Waals surface area (Å²) in [4.78, 5) is 29.4. The second-order valence-corrected chi connectivity index (χ2v) is 6.52. The topological polar surface area (TPSA) is 91.8 Å². The molecule has 0 aliphatic carbocycles. The Morgan fingerprint density at radius 3 is 2.52 bits per heavy atom. The van der Waals surface area contributed by atoms with Crippen molar-refractivity contribution in [3.63, 3.8) is 0 Å². The Morgan fingerprint density at radius 1 is 1.17 bits per heavy atom. The fraction of sp³-hybridized carbons (Fsp3) is 0.318. The largest absolute Gasteiger partial charge is 0.490 e. The van der Waals surface area contributed by atoms with Crippen molar-refractivity contribution in [2.24, 2.45) is 0 Å². The number of carbonyl (C=O) groups excluding carboxylic acids is 1. The summed E-state index contributed by atoms with van der Waals surface area (Å²) in [6, 6.07) is 12.6. The normalized spacial score (nSPS) is 11.1. The number of methoxy groups -OCH3 is 1. The fourth-order valence-corrected chi connectivity index (χ4v) is 2.67. The molecular formula is C22H27N3O4. The first kappa shape index (κ1) is 21.9. The van der Waals surface area contributed by atoms with E-state index in [4.69, 9.17) is 9.84 Å². The molecule has 0 unspecified atom stereocenters. The minimum Gasteiger partial charge on any atom is -0.490 e. The zero-order valence-electron chi connectivity index (χ0n) is 17.0. The zero-order chi connectivity index (χ0) is 21.2. The van der Waals surface area contributed by atoms with Crippen LogP contribution in [0.4, 0.5) is 10.6 Å². The molecule has 2 N–H and O–H groups in total. The van der Waals surface area contributed by atoms with Gasteiger partial charge >= 0.3 is 12.0 Å². The van der Waals surface area contributed by atoms with Gasteiger partial charge in [-0.2, -0.15) is 0 Å². The molecule has 1 aromatic carbocycles. The molecule has 0 spiro atoms. The maximum atomic E-state index is 12.3. The van der Waals surface area contributed by atoms with E-state index in [2.05, 4.69) is 17.2 Å². The second-order valence-electron chi connectivity index (χ2n) is 6.52. The molecule has 0 radical (unpaired) electrons. The minimum atomic E-state index is -1.12. The quantitative estimate of drug-likeness (QED) is 0.377. The number of nitrogens with one attached hydrogen (secondary N) is 1. The fourth-order valence-electron chi connectivity index (χ4n) is 2.67. The molecule has 7 heteroatoms. The van der Waals surface area contributed by atoms with Gasteiger partial charge in [0.1, 0.15) is 5.82 Å². The predicted octanol–water partition coefficient (Wildman–Crippen LogP) is 4.16. The Kier molecular flexibility index (Phi) is 8.21. The second kappa shape index (κ2) is 10.8. The van der Waals surface area contributed by atoms with Crippen LogP contribution in [-0.2, 0) is 9.53 Å². The van der Waals surface area contributed by atoms with Crippen LogP contribution < -0.4 is 10.2 Å². The van der Waals surface area contributed by atoms with Gasteiger partial charge in [-0.25, -0.2) is 14.6 Å². The molecule has 2 rings (SSSR count). The molecule has 0 aliphatic heterocycles. The van der Waals surface area contributed by atoms with Gasteiger partial charge in [0.05, 0.1) is 12.8 Å². The van der Waals surface area contributed by atoms with Crippen molar-refractivity contribution in [3.05, 3.63) is 53.8 Å². The highest BCUT2D eigenvalue weighted by Gasteiger charge is 2.12. The highest BCUT2D eigenvalue weighted by molar-refractivity contribution is 5.91. The molecule has 0 bridgehead atoms. The van der Waals surface area contributed by atoms with Crippen molar-refractivity contribution in [1.82, 2.24) is 10.3 Å². The van der Waals surface area contributed by atoms with E-state index in [0.717, 1.165) is 24.8 Å². The highest BCUT2D eigenvalue weighted by Crippen LogP contribution is 2.21. The maximum Gasteiger partial charge on any atom is 0.371 e. The van der Waals surface area contributed by atoms with Crippen LogP contribution in [0.15, 0.2) is 48.2 Å². The van der Waals surface area contributed by atoms with Gasteiger partial charge in [-0.05, 0) is 30.2 Å². The van der Waals surface area contributed by atoms with Crippen LogP contribution in [0.3, 0.4) is 0 Å². The van der Waals surface area contributed by atoms with E-state index in [1.807, 2.05) is 24.3 Å². The van der Waals surface area contributed by atoms with Crippen LogP contribution in [0.1, 0.15) is 31.7 Å². The van der Waals surface area contributed by atoms with Gasteiger partial charge in [-0.1, -0.05) is 50.1 Å². The standard InChI is InChI=1S/C22H27N3O4/c1-4-5-6-14-23-22(28)25(2)20-9-7-8-18(24-20)17-12-10-16(11-13-17)15-19(29-3)21(26)27/h7-13,15H,4-6,14H2,1-3H3,(H,23,28)(H,26,27)/b19-15-. The molecule has 2 amide bonds. The molecule has 1 heterocycles. The van der Waals surface area contributed by atoms with Gasteiger partial charge in [0.25, 0.3) is 0 Å². The van der Waals surface area contributed by atoms with E-state index in [0.29, 0.717) is 23.6 Å². The zero-order valence-corrected chi connectivity index (χ0v) is 17.0. The molecule has 0 aliphatic rings. The molecule has 0 fully saturated rings. The molecule has 1 aromatic heterocycles. The molecule has 29 heavy (non-hydrogen) atoms. The molecule has 0 saturated carbocycles. The molecule has 154 valence electrons. The number of benzene rings is 1. The van der Waals surface area contributed by atoms with Crippen molar-refractivity contribution >= 4 is 23.9 Å². The lowest BCUT2D eigenvalue weighted by Gasteiger charge is -2.18. The summed E-state index contributed by atoms with van der Waals surface area (Å²) in [5.74, 6) is -0.710. The highest BCUT2D eigenvalue weighted by atomic mass is 16.5. The average Bonchev–Trinajstić information content (AvgIpc) is 2.74.